The number of aryl methyl sites for hydroxylation is 1. The lowest BCUT2D eigenvalue weighted by Crippen LogP contribution is -2.10. The number of pyridine rings is 1. The van der Waals surface area contributed by atoms with E-state index in [-0.39, 0.29) is 10.9 Å². The number of hydrogen-bond donors (Lipinski definition) is 0. The Morgan fingerprint density at radius 2 is 1.63 bits per heavy atom. The molecule has 0 N–H and O–H groups in total. The molecule has 0 fully saturated rings. The second-order valence-electron chi connectivity index (χ2n) is 6.19. The first-order valence-electron chi connectivity index (χ1n) is 8.80. The molecule has 0 aliphatic rings. The van der Waals surface area contributed by atoms with Gasteiger partial charge < -0.3 is 4.74 Å². The van der Waals surface area contributed by atoms with E-state index >= 15 is 0 Å². The van der Waals surface area contributed by atoms with Gasteiger partial charge >= 0.3 is 5.97 Å². The molecule has 3 aromatic rings. The number of rotatable bonds is 6. The van der Waals surface area contributed by atoms with E-state index in [9.17, 15) is 9.18 Å². The van der Waals surface area contributed by atoms with E-state index in [2.05, 4.69) is 36.2 Å². The van der Waals surface area contributed by atoms with Gasteiger partial charge in [-0.3, -0.25) is 0 Å². The lowest BCUT2D eigenvalue weighted by molar-refractivity contribution is 0.0726. The number of carbonyl (C=O) groups excluding carboxylic acids is 1. The van der Waals surface area contributed by atoms with Crippen molar-refractivity contribution in [1.29, 1.82) is 0 Å². The van der Waals surface area contributed by atoms with Crippen LogP contribution >= 0.6 is 11.6 Å². The molecule has 0 saturated carbocycles. The summed E-state index contributed by atoms with van der Waals surface area (Å²) in [7, 11) is 0. The number of carbonyl (C=O) groups is 1. The molecule has 0 saturated heterocycles. The Kier molecular flexibility index (Phi) is 6.20. The van der Waals surface area contributed by atoms with Gasteiger partial charge in [0.25, 0.3) is 5.95 Å². The highest BCUT2D eigenvalue weighted by molar-refractivity contribution is 6.29. The number of halogens is 2. The molecule has 0 unspecified atom stereocenters. The molecule has 5 heteroatoms. The van der Waals surface area contributed by atoms with Gasteiger partial charge in [0.1, 0.15) is 5.15 Å². The average molecular weight is 384 g/mol. The van der Waals surface area contributed by atoms with E-state index in [0.717, 1.165) is 17.5 Å². The summed E-state index contributed by atoms with van der Waals surface area (Å²) in [5.74, 6) is -1.83. The predicted molar refractivity (Wildman–Crippen MR) is 105 cm³/mol. The number of esters is 1. The van der Waals surface area contributed by atoms with Crippen LogP contribution in [0.4, 0.5) is 4.39 Å². The second-order valence-corrected chi connectivity index (χ2v) is 6.58. The van der Waals surface area contributed by atoms with Crippen LogP contribution in [0.1, 0.15) is 35.7 Å². The van der Waals surface area contributed by atoms with Crippen LogP contribution in [-0.2, 0) is 6.42 Å². The van der Waals surface area contributed by atoms with Crippen molar-refractivity contribution in [2.24, 2.45) is 0 Å². The molecule has 0 radical (unpaired) electrons. The van der Waals surface area contributed by atoms with Crippen LogP contribution in [0.5, 0.6) is 5.75 Å². The molecule has 1 heterocycles. The number of benzene rings is 2. The maximum atomic E-state index is 13.6. The number of unbranched alkanes of at least 4 members (excludes halogenated alkanes) is 1. The summed E-state index contributed by atoms with van der Waals surface area (Å²) in [6.07, 6.45) is 3.44. The van der Waals surface area contributed by atoms with Gasteiger partial charge in [-0.2, -0.15) is 4.39 Å². The zero-order valence-electron chi connectivity index (χ0n) is 14.9. The van der Waals surface area contributed by atoms with E-state index in [1.54, 1.807) is 12.1 Å². The van der Waals surface area contributed by atoms with Crippen molar-refractivity contribution in [3.63, 3.8) is 0 Å². The fourth-order valence-electron chi connectivity index (χ4n) is 2.68. The van der Waals surface area contributed by atoms with E-state index in [4.69, 9.17) is 16.3 Å². The van der Waals surface area contributed by atoms with Gasteiger partial charge in [0.2, 0.25) is 0 Å². The lowest BCUT2D eigenvalue weighted by atomic mass is 10.0. The molecular weight excluding hydrogens is 365 g/mol. The van der Waals surface area contributed by atoms with Crippen LogP contribution in [0.25, 0.3) is 11.1 Å². The van der Waals surface area contributed by atoms with Crippen molar-refractivity contribution in [2.75, 3.05) is 0 Å². The minimum atomic E-state index is -0.921. The molecule has 2 aromatic carbocycles. The number of hydrogen-bond acceptors (Lipinski definition) is 3. The van der Waals surface area contributed by atoms with Crippen molar-refractivity contribution >= 4 is 17.6 Å². The summed E-state index contributed by atoms with van der Waals surface area (Å²) < 4.78 is 18.7. The number of nitrogens with zero attached hydrogens (tertiary/aromatic N) is 1. The highest BCUT2D eigenvalue weighted by atomic mass is 35.5. The molecule has 1 aromatic heterocycles. The summed E-state index contributed by atoms with van der Waals surface area (Å²) in [5, 5.41) is -0.00244. The smallest absolute Gasteiger partial charge is 0.343 e. The van der Waals surface area contributed by atoms with Gasteiger partial charge in [0, 0.05) is 0 Å². The predicted octanol–water partition coefficient (Wildman–Crippen LogP) is 6.10. The minimum absolute atomic E-state index is 0.00244. The van der Waals surface area contributed by atoms with Crippen LogP contribution in [0, 0.1) is 5.95 Å². The fraction of sp³-hybridized carbons (Fsp3) is 0.182. The van der Waals surface area contributed by atoms with Gasteiger partial charge in [-0.15, -0.1) is 0 Å². The molecule has 0 aliphatic carbocycles. The molecule has 0 spiro atoms. The van der Waals surface area contributed by atoms with Gasteiger partial charge in [-0.1, -0.05) is 61.3 Å². The van der Waals surface area contributed by atoms with Gasteiger partial charge in [0.05, 0.1) is 5.56 Å². The third kappa shape index (κ3) is 4.92. The Hall–Kier alpha value is -2.72. The SMILES string of the molecule is CCCCc1ccc(-c2ccc(C(=O)Oc3ccc(Cl)nc3F)cc2)cc1. The molecule has 0 atom stereocenters. The summed E-state index contributed by atoms with van der Waals surface area (Å²) in [4.78, 5) is 15.6. The largest absolute Gasteiger partial charge is 0.418 e. The topological polar surface area (TPSA) is 39.2 Å². The van der Waals surface area contributed by atoms with Gasteiger partial charge in [0.15, 0.2) is 5.75 Å². The third-order valence-corrected chi connectivity index (χ3v) is 4.42. The monoisotopic (exact) mass is 383 g/mol. The maximum Gasteiger partial charge on any atom is 0.343 e. The molecule has 3 rings (SSSR count). The Morgan fingerprint density at radius 1 is 1.00 bits per heavy atom. The molecule has 0 bridgehead atoms. The number of ether oxygens (including phenoxy) is 1. The van der Waals surface area contributed by atoms with Crippen molar-refractivity contribution < 1.29 is 13.9 Å². The maximum absolute atomic E-state index is 13.6. The highest BCUT2D eigenvalue weighted by Gasteiger charge is 2.13. The molecule has 0 aliphatic heterocycles. The molecule has 0 amide bonds. The fourth-order valence-corrected chi connectivity index (χ4v) is 2.81. The van der Waals surface area contributed by atoms with E-state index in [1.807, 2.05) is 12.1 Å². The van der Waals surface area contributed by atoms with Crippen molar-refractivity contribution in [3.05, 3.63) is 82.9 Å². The summed E-state index contributed by atoms with van der Waals surface area (Å²) in [6.45, 7) is 2.18. The van der Waals surface area contributed by atoms with Crippen molar-refractivity contribution in [3.8, 4) is 16.9 Å². The lowest BCUT2D eigenvalue weighted by Gasteiger charge is -2.07. The standard InChI is InChI=1S/C22H19ClFNO2/c1-2-3-4-15-5-7-16(8-6-15)17-9-11-18(12-10-17)22(26)27-19-13-14-20(23)25-21(19)24/h5-14H,2-4H2,1H3. The van der Waals surface area contributed by atoms with Crippen LogP contribution in [-0.4, -0.2) is 11.0 Å². The summed E-state index contributed by atoms with van der Waals surface area (Å²) in [6, 6.07) is 18.0. The minimum Gasteiger partial charge on any atom is -0.418 e. The number of aromatic nitrogens is 1. The van der Waals surface area contributed by atoms with Gasteiger partial charge in [-0.25, -0.2) is 9.78 Å². The van der Waals surface area contributed by atoms with Gasteiger partial charge in [-0.05, 0) is 53.8 Å². The van der Waals surface area contributed by atoms with Crippen molar-refractivity contribution in [2.45, 2.75) is 26.2 Å². The third-order valence-electron chi connectivity index (χ3n) is 4.21. The van der Waals surface area contributed by atoms with Crippen LogP contribution in [0.3, 0.4) is 0 Å². The van der Waals surface area contributed by atoms with Crippen LogP contribution in [0.15, 0.2) is 60.7 Å². The second kappa shape index (κ2) is 8.78. The Balaban J connectivity index is 1.70. The average Bonchev–Trinajstić information content (AvgIpc) is 2.69. The van der Waals surface area contributed by atoms with Crippen LogP contribution < -0.4 is 4.74 Å². The first-order chi connectivity index (χ1) is 13.1. The molecule has 27 heavy (non-hydrogen) atoms. The molecule has 3 nitrogen and oxygen atoms in total. The Labute approximate surface area is 162 Å². The summed E-state index contributed by atoms with van der Waals surface area (Å²) in [5.41, 5.74) is 3.71. The Bertz CT molecular complexity index is 924. The molecule has 138 valence electrons. The van der Waals surface area contributed by atoms with Crippen molar-refractivity contribution in [1.82, 2.24) is 4.98 Å². The zero-order valence-corrected chi connectivity index (χ0v) is 15.7. The normalized spacial score (nSPS) is 10.6. The highest BCUT2D eigenvalue weighted by Crippen LogP contribution is 2.23. The Morgan fingerprint density at radius 3 is 2.22 bits per heavy atom. The first-order valence-corrected chi connectivity index (χ1v) is 9.18. The van der Waals surface area contributed by atoms with Crippen LogP contribution in [0.2, 0.25) is 5.15 Å². The quantitative estimate of drug-likeness (QED) is 0.381. The first kappa shape index (κ1) is 19.1. The van der Waals surface area contributed by atoms with E-state index < -0.39 is 11.9 Å². The van der Waals surface area contributed by atoms with E-state index in [1.165, 1.54) is 30.5 Å². The summed E-state index contributed by atoms with van der Waals surface area (Å²) >= 11 is 5.59. The molecular formula is C22H19ClFNO2. The zero-order chi connectivity index (χ0) is 19.2. The van der Waals surface area contributed by atoms with E-state index in [0.29, 0.717) is 5.56 Å².